The highest BCUT2D eigenvalue weighted by Crippen LogP contribution is 2.51. The highest BCUT2D eigenvalue weighted by atomic mass is 31.2. The van der Waals surface area contributed by atoms with Crippen molar-refractivity contribution in [2.24, 2.45) is 5.92 Å². The van der Waals surface area contributed by atoms with Crippen LogP contribution in [0.4, 0.5) is 5.69 Å². The summed E-state index contributed by atoms with van der Waals surface area (Å²) in [5.41, 5.74) is -0.0554. The van der Waals surface area contributed by atoms with Gasteiger partial charge in [0.25, 0.3) is 5.69 Å². The van der Waals surface area contributed by atoms with E-state index in [-0.39, 0.29) is 38.9 Å². The second-order valence-electron chi connectivity index (χ2n) is 19.9. The van der Waals surface area contributed by atoms with Gasteiger partial charge in [-0.15, -0.1) is 0 Å². The van der Waals surface area contributed by atoms with Crippen molar-refractivity contribution in [3.8, 4) is 5.75 Å². The summed E-state index contributed by atoms with van der Waals surface area (Å²) in [6.45, 7) is 19.6. The quantitative estimate of drug-likeness (QED) is 0.0146. The van der Waals surface area contributed by atoms with E-state index in [0.29, 0.717) is 27.2 Å². The standard InChI is InChI=1S/C52H61N2O9PSi2/c1-36(62-65(8,9)51(2,3)4)46-44(35-45(55)38-22-21-23-40(34-38)63-66(10,11)52(5,6)7)53(47(46)56)48(50(58)61-49(57)37-30-32-39(33-31-37)54(59)60)64(41-24-15-12-16-25-41,42-26-17-13-18-27-42)43-28-19-14-20-29-43/h12-34,36,44,46H,35H2,1-11H3/t36-,44+,46+/m0/s1. The molecule has 1 amide bonds. The van der Waals surface area contributed by atoms with E-state index in [9.17, 15) is 19.7 Å². The largest absolute Gasteiger partial charge is 0.543 e. The molecule has 0 saturated carbocycles. The van der Waals surface area contributed by atoms with Crippen LogP contribution in [0, 0.1) is 16.0 Å². The molecule has 5 aromatic rings. The number of nitrogens with zero attached hydrogens (tertiary/aromatic N) is 2. The number of nitro groups is 1. The Bertz CT molecular complexity index is 2560. The Labute approximate surface area is 390 Å². The van der Waals surface area contributed by atoms with Crippen LogP contribution in [0.25, 0.3) is 0 Å². The zero-order chi connectivity index (χ0) is 48.4. The van der Waals surface area contributed by atoms with Gasteiger partial charge in [0.1, 0.15) is 11.2 Å². The summed E-state index contributed by atoms with van der Waals surface area (Å²) in [7, 11) is -4.80. The Balaban J connectivity index is 1.62. The van der Waals surface area contributed by atoms with Crippen molar-refractivity contribution < 1.29 is 37.7 Å². The molecule has 0 spiro atoms. The third-order valence-corrected chi connectivity index (χ3v) is 26.6. The number of hydrogen-bond acceptors (Lipinski definition) is 9. The average molecular weight is 945 g/mol. The maximum absolute atomic E-state index is 15.6. The number of likely N-dealkylation sites (tertiary alicyclic amines) is 1. The molecule has 0 aliphatic carbocycles. The molecule has 1 fully saturated rings. The van der Waals surface area contributed by atoms with E-state index in [1.807, 2.05) is 104 Å². The molecule has 5 aromatic carbocycles. The number of ketones is 1. The van der Waals surface area contributed by atoms with Crippen LogP contribution < -0.4 is 20.3 Å². The van der Waals surface area contributed by atoms with Gasteiger partial charge < -0.3 is 18.5 Å². The molecule has 346 valence electrons. The lowest BCUT2D eigenvalue weighted by Gasteiger charge is -2.52. The van der Waals surface area contributed by atoms with Crippen LogP contribution in [0.2, 0.25) is 36.3 Å². The molecular weight excluding hydrogens is 884 g/mol. The van der Waals surface area contributed by atoms with Crippen LogP contribution in [-0.2, 0) is 18.8 Å². The number of benzene rings is 5. The molecule has 66 heavy (non-hydrogen) atoms. The van der Waals surface area contributed by atoms with E-state index in [4.69, 9.17) is 13.6 Å². The number of ether oxygens (including phenoxy) is 1. The summed E-state index contributed by atoms with van der Waals surface area (Å²) in [4.78, 5) is 72.3. The molecule has 14 heteroatoms. The van der Waals surface area contributed by atoms with Crippen LogP contribution in [0.1, 0.15) is 75.6 Å². The zero-order valence-corrected chi connectivity index (χ0v) is 42.6. The van der Waals surface area contributed by atoms with Gasteiger partial charge in [0.2, 0.25) is 14.2 Å². The van der Waals surface area contributed by atoms with Gasteiger partial charge in [-0.3, -0.25) is 19.7 Å². The molecule has 0 N–H and O–H groups in total. The molecule has 0 bridgehead atoms. The van der Waals surface area contributed by atoms with Crippen LogP contribution >= 0.6 is 6.89 Å². The Morgan fingerprint density at radius 2 is 1.18 bits per heavy atom. The molecule has 3 atom stereocenters. The van der Waals surface area contributed by atoms with Crippen molar-refractivity contribution in [3.63, 3.8) is 0 Å². The SMILES string of the molecule is C[C@H](O[Si](C)(C)C(C)(C)C)[C@H]1C(=O)N(C(C(=O)OC(=O)c2ccc([N+](=O)[O-])cc2)=P(c2ccccc2)(c2ccccc2)c2ccccc2)[C@@H]1CC(=O)c1cccc(O[Si](C)(C)C(C)(C)C)c1. The maximum atomic E-state index is 15.6. The number of carbonyl (C=O) groups is 4. The van der Waals surface area contributed by atoms with Gasteiger partial charge in [-0.1, -0.05) is 145 Å². The van der Waals surface area contributed by atoms with Gasteiger partial charge in [0.15, 0.2) is 14.1 Å². The summed E-state index contributed by atoms with van der Waals surface area (Å²) in [5.74, 6) is -3.17. The molecule has 1 heterocycles. The van der Waals surface area contributed by atoms with E-state index < -0.39 is 64.4 Å². The summed E-state index contributed by atoms with van der Waals surface area (Å²) in [6, 6.07) is 39.1. The number of nitro benzene ring substituents is 1. The maximum Gasteiger partial charge on any atom is 0.363 e. The summed E-state index contributed by atoms with van der Waals surface area (Å²) < 4.78 is 19.4. The number of esters is 2. The fourth-order valence-electron chi connectivity index (χ4n) is 7.84. The number of hydrogen-bond donors (Lipinski definition) is 0. The number of β-lactam (4-membered cyclic amide) rings is 1. The van der Waals surface area contributed by atoms with Gasteiger partial charge in [0.05, 0.1) is 28.6 Å². The fourth-order valence-corrected chi connectivity index (χ4v) is 14.7. The van der Waals surface area contributed by atoms with Gasteiger partial charge in [0, 0.05) is 31.0 Å². The lowest BCUT2D eigenvalue weighted by molar-refractivity contribution is -0.384. The number of non-ortho nitro benzene ring substituents is 1. The van der Waals surface area contributed by atoms with Gasteiger partial charge in [-0.2, -0.15) is 0 Å². The van der Waals surface area contributed by atoms with E-state index in [1.54, 1.807) is 18.2 Å². The highest BCUT2D eigenvalue weighted by Gasteiger charge is 2.57. The molecule has 1 aliphatic heterocycles. The van der Waals surface area contributed by atoms with Crippen molar-refractivity contribution in [1.29, 1.82) is 0 Å². The molecule has 6 rings (SSSR count). The van der Waals surface area contributed by atoms with Crippen molar-refractivity contribution >= 4 is 74.2 Å². The van der Waals surface area contributed by atoms with E-state index in [1.165, 1.54) is 17.0 Å². The Morgan fingerprint density at radius 1 is 0.697 bits per heavy atom. The summed E-state index contributed by atoms with van der Waals surface area (Å²) >= 11 is 0. The van der Waals surface area contributed by atoms with Crippen molar-refractivity contribution in [1.82, 2.24) is 4.90 Å². The zero-order valence-electron chi connectivity index (χ0n) is 39.7. The topological polar surface area (TPSA) is 142 Å². The minimum atomic E-state index is -3.52. The summed E-state index contributed by atoms with van der Waals surface area (Å²) in [5, 5.41) is 13.3. The van der Waals surface area contributed by atoms with Crippen molar-refractivity contribution in [2.75, 3.05) is 0 Å². The van der Waals surface area contributed by atoms with Crippen molar-refractivity contribution in [2.45, 2.75) is 103 Å². The molecule has 1 saturated heterocycles. The number of rotatable bonds is 15. The predicted molar refractivity (Wildman–Crippen MR) is 269 cm³/mol. The first-order valence-electron chi connectivity index (χ1n) is 22.2. The second kappa shape index (κ2) is 19.2. The monoisotopic (exact) mass is 944 g/mol. The lowest BCUT2D eigenvalue weighted by atomic mass is 9.79. The molecule has 0 unspecified atom stereocenters. The molecule has 0 aromatic heterocycles. The van der Waals surface area contributed by atoms with Crippen molar-refractivity contribution in [3.05, 3.63) is 161 Å². The van der Waals surface area contributed by atoms with Crippen LogP contribution in [-0.4, -0.2) is 67.7 Å². The Hall–Kier alpha value is -5.73. The fraction of sp³-hybridized carbons (Fsp3) is 0.327. The summed E-state index contributed by atoms with van der Waals surface area (Å²) in [6.07, 6.45) is -0.867. The molecule has 0 radical (unpaired) electrons. The van der Waals surface area contributed by atoms with Gasteiger partial charge in [-0.25, -0.2) is 9.59 Å². The number of carbonyl (C=O) groups excluding carboxylic acids is 4. The predicted octanol–water partition coefficient (Wildman–Crippen LogP) is 10.3. The first-order chi connectivity index (χ1) is 30.9. The molecule has 1 aliphatic rings. The Morgan fingerprint density at radius 3 is 1.64 bits per heavy atom. The normalized spacial score (nSPS) is 16.2. The van der Waals surface area contributed by atoms with E-state index in [2.05, 4.69) is 67.7 Å². The molecule has 11 nitrogen and oxygen atoms in total. The smallest absolute Gasteiger partial charge is 0.363 e. The van der Waals surface area contributed by atoms with Crippen LogP contribution in [0.3, 0.4) is 0 Å². The van der Waals surface area contributed by atoms with Crippen LogP contribution in [0.5, 0.6) is 5.75 Å². The second-order valence-corrected chi connectivity index (χ2v) is 32.7. The third kappa shape index (κ3) is 10.00. The lowest BCUT2D eigenvalue weighted by Crippen LogP contribution is -2.69. The third-order valence-electron chi connectivity index (χ3n) is 13.4. The number of Topliss-reactive ketones (excluding diaryl/α,β-unsaturated/α-hetero) is 1. The van der Waals surface area contributed by atoms with Crippen LogP contribution in [0.15, 0.2) is 140 Å². The van der Waals surface area contributed by atoms with E-state index >= 15 is 9.59 Å². The van der Waals surface area contributed by atoms with E-state index in [0.717, 1.165) is 12.1 Å². The minimum absolute atomic E-state index is 0.0880. The van der Waals surface area contributed by atoms with Gasteiger partial charge in [-0.05, 0) is 83.4 Å². The number of amides is 1. The Kier molecular flexibility index (Phi) is 14.5. The van der Waals surface area contributed by atoms with Gasteiger partial charge >= 0.3 is 11.9 Å². The first-order valence-corrected chi connectivity index (χ1v) is 29.8. The molecular formula is C52H61N2O9PSi2. The highest BCUT2D eigenvalue weighted by molar-refractivity contribution is 7.96. The first kappa shape index (κ1) is 49.7. The minimum Gasteiger partial charge on any atom is -0.543 e. The average Bonchev–Trinajstić information content (AvgIpc) is 3.26.